The number of carbonyl (C=O) groups is 1. The zero-order valence-corrected chi connectivity index (χ0v) is 15.9. The molecule has 1 spiro atoms. The number of nitrogens with zero attached hydrogens (tertiary/aromatic N) is 1. The van der Waals surface area contributed by atoms with Crippen molar-refractivity contribution in [3.05, 3.63) is 52.4 Å². The maximum atomic E-state index is 12.4. The van der Waals surface area contributed by atoms with E-state index >= 15 is 0 Å². The van der Waals surface area contributed by atoms with Gasteiger partial charge in [0.05, 0.1) is 13.2 Å². The second-order valence-electron chi connectivity index (χ2n) is 6.45. The number of likely N-dealkylation sites (tertiary alicyclic amines) is 1. The molecular formula is C20H20ClNO3S. The molecule has 1 amide bonds. The van der Waals surface area contributed by atoms with Gasteiger partial charge in [-0.15, -0.1) is 11.3 Å². The van der Waals surface area contributed by atoms with Crippen LogP contribution in [0.25, 0.3) is 16.5 Å². The second-order valence-corrected chi connectivity index (χ2v) is 7.97. The summed E-state index contributed by atoms with van der Waals surface area (Å²) in [4.78, 5) is 16.4. The van der Waals surface area contributed by atoms with Crippen molar-refractivity contribution in [3.8, 4) is 10.4 Å². The zero-order valence-electron chi connectivity index (χ0n) is 14.3. The molecule has 2 saturated heterocycles. The van der Waals surface area contributed by atoms with Gasteiger partial charge in [0, 0.05) is 52.3 Å². The minimum absolute atomic E-state index is 0.0329. The standard InChI is InChI=1S/C20H20ClNO3S/c21-17-4-2-1-3-16(17)18-7-5-15(26-18)6-8-19(23)22-11-9-20(10-12-22)24-13-14-25-20/h1-8H,9-14H2/b8-6+. The molecule has 0 bridgehead atoms. The van der Waals surface area contributed by atoms with Gasteiger partial charge in [0.25, 0.3) is 0 Å². The lowest BCUT2D eigenvalue weighted by molar-refractivity contribution is -0.186. The van der Waals surface area contributed by atoms with Crippen molar-refractivity contribution in [1.82, 2.24) is 4.90 Å². The second kappa shape index (κ2) is 7.53. The number of ether oxygens (including phenoxy) is 2. The van der Waals surface area contributed by atoms with Crippen LogP contribution in [0.5, 0.6) is 0 Å². The SMILES string of the molecule is O=C(/C=C/c1ccc(-c2ccccc2Cl)s1)N1CCC2(CC1)OCCO2. The topological polar surface area (TPSA) is 38.8 Å². The molecule has 2 aliphatic heterocycles. The maximum absolute atomic E-state index is 12.4. The van der Waals surface area contributed by atoms with Crippen LogP contribution in [0.15, 0.2) is 42.5 Å². The smallest absolute Gasteiger partial charge is 0.246 e. The Kier molecular flexibility index (Phi) is 5.14. The van der Waals surface area contributed by atoms with Gasteiger partial charge in [-0.25, -0.2) is 0 Å². The van der Waals surface area contributed by atoms with Crippen molar-refractivity contribution < 1.29 is 14.3 Å². The largest absolute Gasteiger partial charge is 0.347 e. The summed E-state index contributed by atoms with van der Waals surface area (Å²) in [6, 6.07) is 11.8. The molecule has 0 radical (unpaired) electrons. The number of thiophene rings is 1. The lowest BCUT2D eigenvalue weighted by atomic mass is 10.0. The molecular weight excluding hydrogens is 370 g/mol. The summed E-state index contributed by atoms with van der Waals surface area (Å²) in [6.45, 7) is 2.64. The molecule has 26 heavy (non-hydrogen) atoms. The molecule has 0 N–H and O–H groups in total. The number of hydrogen-bond donors (Lipinski definition) is 0. The van der Waals surface area contributed by atoms with E-state index in [9.17, 15) is 4.79 Å². The van der Waals surface area contributed by atoms with Crippen molar-refractivity contribution in [2.75, 3.05) is 26.3 Å². The van der Waals surface area contributed by atoms with Crippen molar-refractivity contribution in [2.24, 2.45) is 0 Å². The van der Waals surface area contributed by atoms with Crippen LogP contribution in [0.4, 0.5) is 0 Å². The molecule has 136 valence electrons. The Morgan fingerprint density at radius 2 is 1.85 bits per heavy atom. The molecule has 0 aliphatic carbocycles. The van der Waals surface area contributed by atoms with E-state index in [0.29, 0.717) is 26.3 Å². The minimum atomic E-state index is -0.446. The highest BCUT2D eigenvalue weighted by Gasteiger charge is 2.40. The molecule has 0 atom stereocenters. The molecule has 6 heteroatoms. The molecule has 0 unspecified atom stereocenters. The summed E-state index contributed by atoms with van der Waals surface area (Å²) < 4.78 is 11.4. The number of hydrogen-bond acceptors (Lipinski definition) is 4. The van der Waals surface area contributed by atoms with E-state index in [4.69, 9.17) is 21.1 Å². The number of amides is 1. The van der Waals surface area contributed by atoms with Gasteiger partial charge in [0.15, 0.2) is 5.79 Å². The van der Waals surface area contributed by atoms with Crippen LogP contribution in [0, 0.1) is 0 Å². The third-order valence-electron chi connectivity index (χ3n) is 4.81. The quantitative estimate of drug-likeness (QED) is 0.728. The average Bonchev–Trinajstić information content (AvgIpc) is 3.31. The monoisotopic (exact) mass is 389 g/mol. The van der Waals surface area contributed by atoms with Gasteiger partial charge in [-0.2, -0.15) is 0 Å². The first kappa shape index (κ1) is 17.7. The summed E-state index contributed by atoms with van der Waals surface area (Å²) in [6.07, 6.45) is 5.00. The summed E-state index contributed by atoms with van der Waals surface area (Å²) in [5.74, 6) is -0.413. The molecule has 1 aromatic carbocycles. The Hall–Kier alpha value is -1.66. The first-order chi connectivity index (χ1) is 12.7. The number of halogens is 1. The molecule has 4 nitrogen and oxygen atoms in total. The van der Waals surface area contributed by atoms with Gasteiger partial charge in [-0.05, 0) is 24.3 Å². The van der Waals surface area contributed by atoms with Crippen LogP contribution in [-0.2, 0) is 14.3 Å². The van der Waals surface area contributed by atoms with E-state index in [-0.39, 0.29) is 5.91 Å². The molecule has 4 rings (SSSR count). The molecule has 1 aromatic heterocycles. The van der Waals surface area contributed by atoms with Crippen LogP contribution in [0.1, 0.15) is 17.7 Å². The summed E-state index contributed by atoms with van der Waals surface area (Å²) >= 11 is 7.88. The van der Waals surface area contributed by atoms with Crippen LogP contribution in [-0.4, -0.2) is 42.9 Å². The highest BCUT2D eigenvalue weighted by Crippen LogP contribution is 2.34. The van der Waals surface area contributed by atoms with Gasteiger partial charge < -0.3 is 14.4 Å². The van der Waals surface area contributed by atoms with Crippen LogP contribution < -0.4 is 0 Å². The highest BCUT2D eigenvalue weighted by atomic mass is 35.5. The van der Waals surface area contributed by atoms with Crippen molar-refractivity contribution in [3.63, 3.8) is 0 Å². The minimum Gasteiger partial charge on any atom is -0.347 e. The van der Waals surface area contributed by atoms with Crippen LogP contribution >= 0.6 is 22.9 Å². The Morgan fingerprint density at radius 3 is 2.58 bits per heavy atom. The van der Waals surface area contributed by atoms with Gasteiger partial charge in [0.1, 0.15) is 0 Å². The summed E-state index contributed by atoms with van der Waals surface area (Å²) in [5, 5.41) is 0.736. The normalized spacial score (nSPS) is 19.5. The molecule has 3 heterocycles. The number of piperidine rings is 1. The van der Waals surface area contributed by atoms with Crippen LogP contribution in [0.3, 0.4) is 0 Å². The van der Waals surface area contributed by atoms with Crippen molar-refractivity contribution in [2.45, 2.75) is 18.6 Å². The Bertz CT molecular complexity index is 816. The Labute approximate surface area is 162 Å². The highest BCUT2D eigenvalue weighted by molar-refractivity contribution is 7.16. The van der Waals surface area contributed by atoms with Crippen molar-refractivity contribution in [1.29, 1.82) is 0 Å². The lowest BCUT2D eigenvalue weighted by Crippen LogP contribution is -2.46. The van der Waals surface area contributed by atoms with E-state index in [1.807, 2.05) is 47.4 Å². The van der Waals surface area contributed by atoms with E-state index in [0.717, 1.165) is 33.2 Å². The van der Waals surface area contributed by atoms with Gasteiger partial charge >= 0.3 is 0 Å². The third-order valence-corrected chi connectivity index (χ3v) is 6.22. The molecule has 2 aliphatic rings. The predicted molar refractivity (Wildman–Crippen MR) is 104 cm³/mol. The lowest BCUT2D eigenvalue weighted by Gasteiger charge is -2.37. The average molecular weight is 390 g/mol. The predicted octanol–water partition coefficient (Wildman–Crippen LogP) is 4.45. The van der Waals surface area contributed by atoms with Crippen LogP contribution in [0.2, 0.25) is 5.02 Å². The number of benzene rings is 1. The number of carbonyl (C=O) groups excluding carboxylic acids is 1. The third kappa shape index (κ3) is 3.71. The molecule has 0 saturated carbocycles. The van der Waals surface area contributed by atoms with E-state index in [2.05, 4.69) is 0 Å². The fourth-order valence-corrected chi connectivity index (χ4v) is 4.60. The van der Waals surface area contributed by atoms with Crippen molar-refractivity contribution >= 4 is 34.9 Å². The van der Waals surface area contributed by atoms with Gasteiger partial charge in [-0.3, -0.25) is 4.79 Å². The first-order valence-corrected chi connectivity index (χ1v) is 9.94. The maximum Gasteiger partial charge on any atom is 0.246 e. The fraction of sp³-hybridized carbons (Fsp3) is 0.350. The Morgan fingerprint density at radius 1 is 1.12 bits per heavy atom. The van der Waals surface area contributed by atoms with Gasteiger partial charge in [-0.1, -0.05) is 29.8 Å². The van der Waals surface area contributed by atoms with Gasteiger partial charge in [0.2, 0.25) is 5.91 Å². The van der Waals surface area contributed by atoms with E-state index in [1.165, 1.54) is 0 Å². The van der Waals surface area contributed by atoms with E-state index < -0.39 is 5.79 Å². The Balaban J connectivity index is 1.38. The fourth-order valence-electron chi connectivity index (χ4n) is 3.36. The number of rotatable bonds is 3. The zero-order chi connectivity index (χ0) is 18.0. The van der Waals surface area contributed by atoms with E-state index in [1.54, 1.807) is 17.4 Å². The molecule has 2 aromatic rings. The first-order valence-electron chi connectivity index (χ1n) is 8.75. The summed E-state index contributed by atoms with van der Waals surface area (Å²) in [7, 11) is 0. The summed E-state index contributed by atoms with van der Waals surface area (Å²) in [5.41, 5.74) is 1.02. The molecule has 2 fully saturated rings.